The fourth-order valence-electron chi connectivity index (χ4n) is 2.32. The molecular weight excluding hydrogens is 369 g/mol. The van der Waals surface area contributed by atoms with E-state index >= 15 is 0 Å². The Morgan fingerprint density at radius 2 is 1.89 bits per heavy atom. The Kier molecular flexibility index (Phi) is 4.98. The topological polar surface area (TPSA) is 51.8 Å². The standard InChI is InChI=1S/C14H22IN3S/c1-14(2,3)12-11(15)13(16)18-10(17-12)8-19-9-6-4-5-7-9/h9H,4-8H2,1-3H3,(H2,16,17,18). The minimum Gasteiger partial charge on any atom is -0.383 e. The van der Waals surface area contributed by atoms with Crippen LogP contribution in [-0.4, -0.2) is 15.2 Å². The van der Waals surface area contributed by atoms with Crippen LogP contribution < -0.4 is 5.73 Å². The number of hydrogen-bond donors (Lipinski definition) is 1. The molecule has 1 aliphatic rings. The van der Waals surface area contributed by atoms with Gasteiger partial charge in [-0.1, -0.05) is 33.6 Å². The number of nitrogen functional groups attached to an aromatic ring is 1. The molecule has 0 radical (unpaired) electrons. The molecule has 0 spiro atoms. The van der Waals surface area contributed by atoms with Gasteiger partial charge in [0.1, 0.15) is 11.6 Å². The van der Waals surface area contributed by atoms with Gasteiger partial charge >= 0.3 is 0 Å². The molecule has 0 saturated heterocycles. The molecular formula is C14H22IN3S. The maximum atomic E-state index is 6.03. The normalized spacial score (nSPS) is 17.1. The van der Waals surface area contributed by atoms with Gasteiger partial charge in [0.2, 0.25) is 0 Å². The average molecular weight is 391 g/mol. The summed E-state index contributed by atoms with van der Waals surface area (Å²) >= 11 is 4.24. The molecule has 1 aromatic rings. The van der Waals surface area contributed by atoms with Gasteiger partial charge in [0.15, 0.2) is 0 Å². The lowest BCUT2D eigenvalue weighted by molar-refractivity contribution is 0.560. The molecule has 0 atom stereocenters. The summed E-state index contributed by atoms with van der Waals surface area (Å²) in [5.74, 6) is 2.40. The molecule has 106 valence electrons. The average Bonchev–Trinajstić information content (AvgIpc) is 2.82. The summed E-state index contributed by atoms with van der Waals surface area (Å²) in [5, 5.41) is 0.794. The van der Waals surface area contributed by atoms with Crippen LogP contribution in [0.1, 0.15) is 58.0 Å². The Balaban J connectivity index is 2.14. The molecule has 1 aromatic heterocycles. The summed E-state index contributed by atoms with van der Waals surface area (Å²) in [4.78, 5) is 9.19. The molecule has 0 bridgehead atoms. The smallest absolute Gasteiger partial charge is 0.140 e. The Bertz CT molecular complexity index is 451. The van der Waals surface area contributed by atoms with E-state index < -0.39 is 0 Å². The summed E-state index contributed by atoms with van der Waals surface area (Å²) in [5.41, 5.74) is 7.12. The van der Waals surface area contributed by atoms with Gasteiger partial charge in [-0.2, -0.15) is 11.8 Å². The third kappa shape index (κ3) is 3.97. The first-order valence-corrected chi connectivity index (χ1v) is 8.94. The highest BCUT2D eigenvalue weighted by Crippen LogP contribution is 2.32. The number of nitrogens with two attached hydrogens (primary N) is 1. The van der Waals surface area contributed by atoms with Gasteiger partial charge in [-0.15, -0.1) is 0 Å². The highest BCUT2D eigenvalue weighted by Gasteiger charge is 2.23. The van der Waals surface area contributed by atoms with Crippen molar-refractivity contribution in [3.05, 3.63) is 15.1 Å². The lowest BCUT2D eigenvalue weighted by atomic mass is 9.92. The van der Waals surface area contributed by atoms with E-state index in [-0.39, 0.29) is 5.41 Å². The van der Waals surface area contributed by atoms with Gasteiger partial charge in [0.05, 0.1) is 15.0 Å². The first-order chi connectivity index (χ1) is 8.88. The summed E-state index contributed by atoms with van der Waals surface area (Å²) < 4.78 is 1.000. The number of rotatable bonds is 3. The Hall–Kier alpha value is -0.0400. The molecule has 0 unspecified atom stereocenters. The Labute approximate surface area is 133 Å². The summed E-state index contributed by atoms with van der Waals surface area (Å²) in [6, 6.07) is 0. The van der Waals surface area contributed by atoms with Crippen molar-refractivity contribution in [3.63, 3.8) is 0 Å². The third-order valence-electron chi connectivity index (χ3n) is 3.38. The van der Waals surface area contributed by atoms with Crippen LogP contribution in [0.4, 0.5) is 5.82 Å². The predicted octanol–water partition coefficient (Wildman–Crippen LogP) is 4.14. The molecule has 0 amide bonds. The zero-order valence-corrected chi connectivity index (χ0v) is 14.8. The summed E-state index contributed by atoms with van der Waals surface area (Å²) in [6.45, 7) is 6.51. The van der Waals surface area contributed by atoms with E-state index in [1.165, 1.54) is 25.7 Å². The minimum absolute atomic E-state index is 0.0142. The van der Waals surface area contributed by atoms with Gasteiger partial charge in [0, 0.05) is 10.7 Å². The van der Waals surface area contributed by atoms with E-state index in [4.69, 9.17) is 10.7 Å². The monoisotopic (exact) mass is 391 g/mol. The van der Waals surface area contributed by atoms with Crippen molar-refractivity contribution >= 4 is 40.2 Å². The van der Waals surface area contributed by atoms with Crippen LogP contribution in [0, 0.1) is 3.57 Å². The van der Waals surface area contributed by atoms with E-state index in [1.807, 2.05) is 11.8 Å². The Morgan fingerprint density at radius 1 is 1.26 bits per heavy atom. The van der Waals surface area contributed by atoms with Gasteiger partial charge in [-0.05, 0) is 35.4 Å². The summed E-state index contributed by atoms with van der Waals surface area (Å²) in [7, 11) is 0. The quantitative estimate of drug-likeness (QED) is 0.787. The lowest BCUT2D eigenvalue weighted by Crippen LogP contribution is -2.19. The first kappa shape index (κ1) is 15.4. The molecule has 2 N–H and O–H groups in total. The number of aromatic nitrogens is 2. The fourth-order valence-corrected chi connectivity index (χ4v) is 4.55. The zero-order valence-electron chi connectivity index (χ0n) is 11.9. The van der Waals surface area contributed by atoms with Gasteiger partial charge < -0.3 is 5.73 Å². The number of anilines is 1. The van der Waals surface area contributed by atoms with E-state index in [0.717, 1.165) is 26.1 Å². The number of halogens is 1. The maximum Gasteiger partial charge on any atom is 0.140 e. The molecule has 2 rings (SSSR count). The molecule has 1 aliphatic carbocycles. The largest absolute Gasteiger partial charge is 0.383 e. The van der Waals surface area contributed by atoms with Gasteiger partial charge in [-0.25, -0.2) is 9.97 Å². The third-order valence-corrected chi connectivity index (χ3v) is 5.82. The van der Waals surface area contributed by atoms with Crippen molar-refractivity contribution in [3.8, 4) is 0 Å². The van der Waals surface area contributed by atoms with Gasteiger partial charge in [0.25, 0.3) is 0 Å². The van der Waals surface area contributed by atoms with Crippen LogP contribution in [0.15, 0.2) is 0 Å². The highest BCUT2D eigenvalue weighted by atomic mass is 127. The SMILES string of the molecule is CC(C)(C)c1nc(CSC2CCCC2)nc(N)c1I. The van der Waals surface area contributed by atoms with E-state index in [2.05, 4.69) is 48.3 Å². The molecule has 0 aliphatic heterocycles. The van der Waals surface area contributed by atoms with Crippen molar-refractivity contribution in [1.29, 1.82) is 0 Å². The van der Waals surface area contributed by atoms with Crippen molar-refractivity contribution in [2.24, 2.45) is 0 Å². The second kappa shape index (κ2) is 6.16. The second-order valence-corrected chi connectivity index (χ2v) is 8.52. The van der Waals surface area contributed by atoms with Crippen LogP contribution >= 0.6 is 34.4 Å². The van der Waals surface area contributed by atoms with Crippen LogP contribution in [-0.2, 0) is 11.2 Å². The maximum absolute atomic E-state index is 6.03. The summed E-state index contributed by atoms with van der Waals surface area (Å²) in [6.07, 6.45) is 5.44. The molecule has 5 heteroatoms. The molecule has 1 fully saturated rings. The van der Waals surface area contributed by atoms with Crippen molar-refractivity contribution in [2.45, 2.75) is 62.9 Å². The van der Waals surface area contributed by atoms with Crippen molar-refractivity contribution in [1.82, 2.24) is 9.97 Å². The zero-order chi connectivity index (χ0) is 14.0. The predicted molar refractivity (Wildman–Crippen MR) is 91.4 cm³/mol. The van der Waals surface area contributed by atoms with Crippen LogP contribution in [0.2, 0.25) is 0 Å². The Morgan fingerprint density at radius 3 is 2.47 bits per heavy atom. The molecule has 1 saturated carbocycles. The first-order valence-electron chi connectivity index (χ1n) is 6.82. The van der Waals surface area contributed by atoms with Gasteiger partial charge in [-0.3, -0.25) is 0 Å². The molecule has 19 heavy (non-hydrogen) atoms. The molecule has 1 heterocycles. The van der Waals surface area contributed by atoms with Crippen LogP contribution in [0.25, 0.3) is 0 Å². The lowest BCUT2D eigenvalue weighted by Gasteiger charge is -2.21. The molecule has 0 aromatic carbocycles. The van der Waals surface area contributed by atoms with E-state index in [9.17, 15) is 0 Å². The molecule has 3 nitrogen and oxygen atoms in total. The number of thioether (sulfide) groups is 1. The van der Waals surface area contributed by atoms with Crippen molar-refractivity contribution in [2.75, 3.05) is 5.73 Å². The van der Waals surface area contributed by atoms with Crippen LogP contribution in [0.3, 0.4) is 0 Å². The number of nitrogens with zero attached hydrogens (tertiary/aromatic N) is 2. The van der Waals surface area contributed by atoms with Crippen molar-refractivity contribution < 1.29 is 0 Å². The minimum atomic E-state index is 0.0142. The van der Waals surface area contributed by atoms with E-state index in [0.29, 0.717) is 5.82 Å². The van der Waals surface area contributed by atoms with E-state index in [1.54, 1.807) is 0 Å². The second-order valence-electron chi connectivity index (χ2n) is 6.16. The number of hydrogen-bond acceptors (Lipinski definition) is 4. The van der Waals surface area contributed by atoms with Crippen LogP contribution in [0.5, 0.6) is 0 Å². The highest BCUT2D eigenvalue weighted by molar-refractivity contribution is 14.1. The fraction of sp³-hybridized carbons (Fsp3) is 0.714.